The number of hydrogen-bond donors (Lipinski definition) is 3. The van der Waals surface area contributed by atoms with Gasteiger partial charge in [-0.1, -0.05) is 34.1 Å². The van der Waals surface area contributed by atoms with E-state index in [0.717, 1.165) is 8.04 Å². The molecule has 0 spiro atoms. The lowest BCUT2D eigenvalue weighted by Gasteiger charge is -2.30. The number of benzene rings is 2. The second-order valence-corrected chi connectivity index (χ2v) is 10.1. The van der Waals surface area contributed by atoms with Crippen molar-refractivity contribution < 1.29 is 23.8 Å². The molecule has 1 heterocycles. The Kier molecular flexibility index (Phi) is 10.7. The zero-order valence-corrected chi connectivity index (χ0v) is 25.0. The minimum Gasteiger partial charge on any atom is -0.492 e. The quantitative estimate of drug-likeness (QED) is 0.111. The summed E-state index contributed by atoms with van der Waals surface area (Å²) in [4.78, 5) is 25.2. The van der Waals surface area contributed by atoms with Gasteiger partial charge in [0, 0.05) is 21.3 Å². The van der Waals surface area contributed by atoms with Crippen LogP contribution < -0.4 is 25.5 Å². The Bertz CT molecular complexity index is 1250. The molecule has 3 N–H and O–H groups in total. The topological polar surface area (TPSA) is 110 Å². The highest BCUT2D eigenvalue weighted by Gasteiger charge is 2.32. The van der Waals surface area contributed by atoms with E-state index in [4.69, 9.17) is 26.4 Å². The lowest BCUT2D eigenvalue weighted by atomic mass is 9.95. The zero-order valence-electron chi connectivity index (χ0n) is 20.4. The van der Waals surface area contributed by atoms with Crippen LogP contribution >= 0.6 is 50.7 Å². The van der Waals surface area contributed by atoms with Crippen LogP contribution in [0.5, 0.6) is 11.5 Å². The zero-order chi connectivity index (χ0) is 26.9. The number of esters is 1. The van der Waals surface area contributed by atoms with Gasteiger partial charge in [-0.05, 0) is 73.8 Å². The minimum atomic E-state index is -0.610. The lowest BCUT2D eigenvalue weighted by molar-refractivity contribution is -0.139. The predicted molar refractivity (Wildman–Crippen MR) is 157 cm³/mol. The molecular formula is C25H26BrIN4O5S. The normalized spacial score (nSPS) is 15.2. The first-order valence-electron chi connectivity index (χ1n) is 11.4. The van der Waals surface area contributed by atoms with Crippen molar-refractivity contribution in [2.45, 2.75) is 26.8 Å². The number of para-hydroxylation sites is 1. The van der Waals surface area contributed by atoms with E-state index >= 15 is 0 Å². The van der Waals surface area contributed by atoms with Gasteiger partial charge in [-0.15, -0.1) is 0 Å². The van der Waals surface area contributed by atoms with Crippen molar-refractivity contribution in [3.63, 3.8) is 0 Å². The molecule has 0 bridgehead atoms. The van der Waals surface area contributed by atoms with E-state index in [1.807, 2.05) is 25.1 Å². The van der Waals surface area contributed by atoms with E-state index in [1.54, 1.807) is 32.0 Å². The monoisotopic (exact) mass is 700 g/mol. The van der Waals surface area contributed by atoms with Crippen molar-refractivity contribution in [2.24, 2.45) is 5.10 Å². The fraction of sp³-hybridized carbons (Fsp3) is 0.280. The molecule has 0 radical (unpaired) electrons. The molecule has 0 saturated carbocycles. The highest BCUT2D eigenvalue weighted by atomic mass is 127. The summed E-state index contributed by atoms with van der Waals surface area (Å²) < 4.78 is 18.5. The average molecular weight is 701 g/mol. The number of rotatable bonds is 10. The Morgan fingerprint density at radius 3 is 2.70 bits per heavy atom. The van der Waals surface area contributed by atoms with Crippen molar-refractivity contribution >= 4 is 73.9 Å². The van der Waals surface area contributed by atoms with E-state index in [0.29, 0.717) is 45.6 Å². The Balaban J connectivity index is 1.73. The Morgan fingerprint density at radius 1 is 1.22 bits per heavy atom. The van der Waals surface area contributed by atoms with Crippen molar-refractivity contribution in [1.29, 1.82) is 0 Å². The first-order valence-corrected chi connectivity index (χ1v) is 13.6. The number of carbonyl (C=O) groups excluding carboxylic acids is 2. The van der Waals surface area contributed by atoms with Gasteiger partial charge in [0.1, 0.15) is 11.5 Å². The Morgan fingerprint density at radius 2 is 1.97 bits per heavy atom. The maximum absolute atomic E-state index is 12.7. The predicted octanol–water partition coefficient (Wildman–Crippen LogP) is 4.34. The molecule has 1 amide bonds. The van der Waals surface area contributed by atoms with Gasteiger partial charge in [0.15, 0.2) is 11.7 Å². The lowest BCUT2D eigenvalue weighted by Crippen LogP contribution is -2.45. The molecule has 2 aromatic rings. The summed E-state index contributed by atoms with van der Waals surface area (Å²) in [6.07, 6.45) is 1.52. The highest BCUT2D eigenvalue weighted by Crippen LogP contribution is 2.33. The highest BCUT2D eigenvalue weighted by molar-refractivity contribution is 14.1. The fourth-order valence-electron chi connectivity index (χ4n) is 3.58. The second-order valence-electron chi connectivity index (χ2n) is 7.65. The van der Waals surface area contributed by atoms with Crippen LogP contribution in [0.1, 0.15) is 37.9 Å². The molecule has 1 aliphatic heterocycles. The van der Waals surface area contributed by atoms with Gasteiger partial charge in [-0.2, -0.15) is 5.10 Å². The maximum Gasteiger partial charge on any atom is 0.338 e. The van der Waals surface area contributed by atoms with E-state index in [2.05, 4.69) is 59.7 Å². The van der Waals surface area contributed by atoms with Crippen LogP contribution in [-0.2, 0) is 14.3 Å². The molecule has 196 valence electrons. The van der Waals surface area contributed by atoms with Crippen LogP contribution in [0.2, 0.25) is 0 Å². The number of carbonyl (C=O) groups is 2. The number of halogens is 2. The van der Waals surface area contributed by atoms with Crippen molar-refractivity contribution in [1.82, 2.24) is 16.1 Å². The summed E-state index contributed by atoms with van der Waals surface area (Å²) >= 11 is 10.9. The number of allylic oxidation sites excluding steroid dienone is 1. The number of hydrogen-bond acceptors (Lipinski definition) is 7. The first-order chi connectivity index (χ1) is 17.7. The van der Waals surface area contributed by atoms with Crippen molar-refractivity contribution in [3.8, 4) is 11.5 Å². The molecule has 1 atom stereocenters. The minimum absolute atomic E-state index is 0.233. The van der Waals surface area contributed by atoms with Crippen molar-refractivity contribution in [2.75, 3.05) is 19.8 Å². The third kappa shape index (κ3) is 7.65. The number of amides is 1. The van der Waals surface area contributed by atoms with Crippen LogP contribution in [0.15, 0.2) is 57.2 Å². The molecule has 0 aromatic heterocycles. The molecule has 0 saturated heterocycles. The number of nitrogens with zero attached hydrogens (tertiary/aromatic N) is 1. The molecule has 1 aliphatic rings. The summed E-state index contributed by atoms with van der Waals surface area (Å²) in [5.74, 6) is 0.170. The number of nitrogens with one attached hydrogen (secondary N) is 3. The Hall–Kier alpha value is -2.71. The van der Waals surface area contributed by atoms with Gasteiger partial charge in [0.05, 0.1) is 34.6 Å². The molecule has 0 unspecified atom stereocenters. The van der Waals surface area contributed by atoms with E-state index in [-0.39, 0.29) is 13.2 Å². The number of thiocarbonyl (C=S) groups is 1. The summed E-state index contributed by atoms with van der Waals surface area (Å²) in [6, 6.07) is 10.3. The van der Waals surface area contributed by atoms with E-state index in [9.17, 15) is 9.59 Å². The summed E-state index contributed by atoms with van der Waals surface area (Å²) in [5, 5.41) is 10.5. The molecule has 0 fully saturated rings. The molecule has 37 heavy (non-hydrogen) atoms. The summed E-state index contributed by atoms with van der Waals surface area (Å²) in [6.45, 7) is 5.83. The summed E-state index contributed by atoms with van der Waals surface area (Å²) in [5.41, 5.74) is 4.79. The SMILES string of the molecule is CCOC(=O)C1=C(C)NC(=S)N[C@H]1c1ccccc1OCC(=O)NN=Cc1cc(Br)cc(I)c1OCC. The largest absolute Gasteiger partial charge is 0.492 e. The van der Waals surface area contributed by atoms with Crippen LogP contribution in [0.25, 0.3) is 0 Å². The molecule has 0 aliphatic carbocycles. The van der Waals surface area contributed by atoms with Gasteiger partial charge in [0.25, 0.3) is 5.91 Å². The number of hydrazone groups is 1. The third-order valence-electron chi connectivity index (χ3n) is 5.07. The average Bonchev–Trinajstić information content (AvgIpc) is 2.84. The van der Waals surface area contributed by atoms with E-state index < -0.39 is 17.9 Å². The van der Waals surface area contributed by atoms with E-state index in [1.165, 1.54) is 6.21 Å². The smallest absolute Gasteiger partial charge is 0.338 e. The first kappa shape index (κ1) is 28.9. The van der Waals surface area contributed by atoms with Gasteiger partial charge in [-0.3, -0.25) is 4.79 Å². The van der Waals surface area contributed by atoms with Gasteiger partial charge < -0.3 is 24.8 Å². The van der Waals surface area contributed by atoms with Crippen LogP contribution in [-0.4, -0.2) is 43.0 Å². The Labute approximate surface area is 242 Å². The van der Waals surface area contributed by atoms with Gasteiger partial charge in [0.2, 0.25) is 0 Å². The number of ether oxygens (including phenoxy) is 3. The molecule has 9 nitrogen and oxygen atoms in total. The third-order valence-corrected chi connectivity index (χ3v) is 6.55. The molecule has 2 aromatic carbocycles. The fourth-order valence-corrected chi connectivity index (χ4v) is 5.56. The second kappa shape index (κ2) is 13.7. The summed E-state index contributed by atoms with van der Waals surface area (Å²) in [7, 11) is 0. The van der Waals surface area contributed by atoms with Crippen LogP contribution in [0.3, 0.4) is 0 Å². The van der Waals surface area contributed by atoms with Crippen LogP contribution in [0, 0.1) is 3.57 Å². The van der Waals surface area contributed by atoms with Gasteiger partial charge >= 0.3 is 5.97 Å². The maximum atomic E-state index is 12.7. The van der Waals surface area contributed by atoms with Crippen molar-refractivity contribution in [3.05, 3.63) is 66.8 Å². The van der Waals surface area contributed by atoms with Crippen LogP contribution in [0.4, 0.5) is 0 Å². The standard InChI is InChI=1S/C25H26BrIN4O5S/c1-4-34-23-15(10-16(26)11-18(23)27)12-28-31-20(32)13-36-19-9-7-6-8-17(19)22-21(24(33)35-5-2)14(3)29-25(37)30-22/h6-12,22H,4-5,13H2,1-3H3,(H,31,32)(H2,29,30,37)/t22-/m0/s1. The van der Waals surface area contributed by atoms with Gasteiger partial charge in [-0.25, -0.2) is 10.2 Å². The molecule has 3 rings (SSSR count). The molecular weight excluding hydrogens is 675 g/mol. The molecule has 12 heteroatoms.